The number of pyridine rings is 1. The molecule has 3 aromatic heterocycles. The Morgan fingerprint density at radius 1 is 0.691 bits per heavy atom. The van der Waals surface area contributed by atoms with Gasteiger partial charge in [-0.25, -0.2) is 4.39 Å². The second-order valence-corrected chi connectivity index (χ2v) is 17.8. The number of halogens is 4. The van der Waals surface area contributed by atoms with E-state index in [1.807, 2.05) is 36.4 Å². The molecule has 345 valence electrons. The number of para-hydroxylation sites is 1. The number of imidazole rings is 1. The Morgan fingerprint density at radius 3 is 1.97 bits per heavy atom. The molecule has 0 fully saturated rings. The third kappa shape index (κ3) is 9.56. The van der Waals surface area contributed by atoms with Crippen LogP contribution in [0.15, 0.2) is 168 Å². The molecule has 7 aromatic carbocycles. The summed E-state index contributed by atoms with van der Waals surface area (Å²) in [6.45, 7) is 10.6. The summed E-state index contributed by atoms with van der Waals surface area (Å²) in [4.78, 5) is 9.27. The smallest absolute Gasteiger partial charge is 0.393 e. The van der Waals surface area contributed by atoms with Crippen molar-refractivity contribution in [2.45, 2.75) is 65.9 Å². The predicted octanol–water partition coefficient (Wildman–Crippen LogP) is 16.8. The predicted molar refractivity (Wildman–Crippen MR) is 264 cm³/mol. The molecule has 0 saturated carbocycles. The molecule has 0 saturated heterocycles. The van der Waals surface area contributed by atoms with Gasteiger partial charge in [0.2, 0.25) is 0 Å². The average Bonchev–Trinajstić information content (AvgIpc) is 3.92. The quantitative estimate of drug-likeness (QED) is 0.107. The van der Waals surface area contributed by atoms with Gasteiger partial charge in [-0.3, -0.25) is 4.98 Å². The van der Waals surface area contributed by atoms with Crippen molar-refractivity contribution in [3.63, 3.8) is 0 Å². The van der Waals surface area contributed by atoms with Crippen molar-refractivity contribution in [2.75, 3.05) is 0 Å². The van der Waals surface area contributed by atoms with Crippen LogP contribution >= 0.6 is 0 Å². The van der Waals surface area contributed by atoms with Gasteiger partial charge in [0.05, 0.1) is 27.9 Å². The molecule has 1 radical (unpaired) electrons. The van der Waals surface area contributed by atoms with Gasteiger partial charge in [-0.1, -0.05) is 137 Å². The number of furan rings is 1. The fraction of sp³-hybridized carbons (Fsp3) is 0.186. The van der Waals surface area contributed by atoms with Crippen LogP contribution in [0, 0.1) is 23.4 Å². The van der Waals surface area contributed by atoms with Crippen molar-refractivity contribution in [3.8, 4) is 50.6 Å². The number of benzene rings is 7. The third-order valence-corrected chi connectivity index (χ3v) is 12.1. The van der Waals surface area contributed by atoms with Gasteiger partial charge >= 0.3 is 6.18 Å². The van der Waals surface area contributed by atoms with E-state index >= 15 is 4.39 Å². The maximum absolute atomic E-state index is 15.0. The number of nitrogens with zero attached hydrogens (tertiary/aromatic N) is 3. The van der Waals surface area contributed by atoms with Crippen molar-refractivity contribution in [1.29, 1.82) is 0 Å². The molecule has 3 heterocycles. The molecule has 4 nitrogen and oxygen atoms in total. The van der Waals surface area contributed by atoms with Crippen LogP contribution in [0.1, 0.15) is 72.8 Å². The number of hydrogen-bond donors (Lipinski definition) is 0. The largest absolute Gasteiger partial charge is 0.501 e. The molecule has 9 heteroatoms. The Kier molecular flexibility index (Phi) is 12.9. The molecule has 0 aliphatic carbocycles. The first kappa shape index (κ1) is 45.1. The summed E-state index contributed by atoms with van der Waals surface area (Å²) in [5, 5.41) is 2.04. The minimum Gasteiger partial charge on any atom is -0.501 e. The summed E-state index contributed by atoms with van der Waals surface area (Å²) in [6, 6.07) is 56.4. The standard InChI is InChI=1S/C43H34FN2O.C16H15F3N.Ir/c1-26(2)36-23-31(30-19-17-29(18-20-30)28-11-6-5-7-12-28)24-37(27(3)4)41(36)46-39-25-32(44)21-22-38(39)45-43(46)35-15-10-14-34-33-13-8-9-16-40(33)47-42(34)35;1-15(2,16(17,18)19)11-12-6-8-13(9-7-12)14-5-3-4-10-20-14;/h5-14,16-27H,1-4H3;3-8,10H,11H2,1-2H3;/q2*-1;/i;11D2;. The Bertz CT molecular complexity index is 3410. The number of aromatic nitrogens is 3. The van der Waals surface area contributed by atoms with E-state index in [1.54, 1.807) is 36.5 Å². The molecular weight excluding hydrogens is 1030 g/mol. The van der Waals surface area contributed by atoms with Crippen molar-refractivity contribution in [3.05, 3.63) is 199 Å². The average molecular weight is 1090 g/mol. The Balaban J connectivity index is 0.000000242. The van der Waals surface area contributed by atoms with Crippen LogP contribution < -0.4 is 0 Å². The van der Waals surface area contributed by atoms with E-state index in [4.69, 9.17) is 12.1 Å². The van der Waals surface area contributed by atoms with E-state index in [1.165, 1.54) is 46.5 Å². The van der Waals surface area contributed by atoms with Crippen molar-refractivity contribution >= 4 is 33.0 Å². The molecule has 0 aliphatic heterocycles. The van der Waals surface area contributed by atoms with Crippen molar-refractivity contribution in [2.24, 2.45) is 5.41 Å². The molecule has 0 N–H and O–H groups in total. The summed E-state index contributed by atoms with van der Waals surface area (Å²) in [6.07, 6.45) is -5.62. The van der Waals surface area contributed by atoms with Gasteiger partial charge in [0.25, 0.3) is 0 Å². The van der Waals surface area contributed by atoms with Gasteiger partial charge in [0.15, 0.2) is 0 Å². The summed E-state index contributed by atoms with van der Waals surface area (Å²) in [7, 11) is 0. The van der Waals surface area contributed by atoms with Crippen LogP contribution in [0.3, 0.4) is 0 Å². The molecular formula is C59H49F4IrN3O-2. The fourth-order valence-electron chi connectivity index (χ4n) is 8.39. The van der Waals surface area contributed by atoms with E-state index in [0.717, 1.165) is 58.2 Å². The Hall–Kier alpha value is -6.67. The van der Waals surface area contributed by atoms with Gasteiger partial charge in [0, 0.05) is 40.1 Å². The molecule has 68 heavy (non-hydrogen) atoms. The number of hydrogen-bond acceptors (Lipinski definition) is 3. The molecule has 0 aliphatic rings. The second-order valence-electron chi connectivity index (χ2n) is 17.8. The maximum Gasteiger partial charge on any atom is 0.393 e. The van der Waals surface area contributed by atoms with Crippen LogP contribution in [0.2, 0.25) is 0 Å². The van der Waals surface area contributed by atoms with Crippen LogP contribution in [0.4, 0.5) is 17.6 Å². The number of rotatable bonds is 9. The minimum absolute atomic E-state index is 0. The molecule has 0 unspecified atom stereocenters. The molecule has 0 amide bonds. The zero-order valence-electron chi connectivity index (χ0n) is 40.3. The summed E-state index contributed by atoms with van der Waals surface area (Å²) in [5.74, 6) is 0.731. The van der Waals surface area contributed by atoms with Crippen LogP contribution in [0.25, 0.3) is 83.6 Å². The summed E-state index contributed by atoms with van der Waals surface area (Å²) < 4.78 is 78.8. The monoisotopic (exact) mass is 1090 g/mol. The zero-order chi connectivity index (χ0) is 48.8. The van der Waals surface area contributed by atoms with Gasteiger partial charge in [-0.15, -0.1) is 53.6 Å². The SMILES string of the molecule is CC(C)c1cc(-c2ccc(-c3ccccc3)cc2)cc(C(C)C)c1-n1c(-c2[c-]ccc3c2oc2ccccc23)nc2ccc(F)cc21.[2H]C([2H])(c1c[c-]c(-c2ccccn2)cc1)C(C)(C)C(F)(F)F.[Ir]. The topological polar surface area (TPSA) is 43.9 Å². The Morgan fingerprint density at radius 2 is 1.34 bits per heavy atom. The molecule has 0 bridgehead atoms. The van der Waals surface area contributed by atoms with E-state index in [-0.39, 0.29) is 43.3 Å². The molecule has 10 rings (SSSR count). The first-order valence-corrected chi connectivity index (χ1v) is 22.3. The maximum atomic E-state index is 15.0. The van der Waals surface area contributed by atoms with Gasteiger partial charge < -0.3 is 14.0 Å². The third-order valence-electron chi connectivity index (χ3n) is 12.1. The first-order valence-electron chi connectivity index (χ1n) is 23.3. The molecule has 0 spiro atoms. The summed E-state index contributed by atoms with van der Waals surface area (Å²) >= 11 is 0. The van der Waals surface area contributed by atoms with Crippen LogP contribution in [-0.2, 0) is 26.5 Å². The number of fused-ring (bicyclic) bond motifs is 4. The summed E-state index contributed by atoms with van der Waals surface area (Å²) in [5.41, 5.74) is 10.4. The van der Waals surface area contributed by atoms with E-state index in [0.29, 0.717) is 28.1 Å². The zero-order valence-corrected chi connectivity index (χ0v) is 40.7. The van der Waals surface area contributed by atoms with Crippen LogP contribution in [-0.4, -0.2) is 20.7 Å². The van der Waals surface area contributed by atoms with Gasteiger partial charge in [0.1, 0.15) is 11.4 Å². The second kappa shape index (κ2) is 19.5. The van der Waals surface area contributed by atoms with Crippen molar-refractivity contribution < 1.29 is 44.8 Å². The van der Waals surface area contributed by atoms with E-state index in [9.17, 15) is 13.2 Å². The van der Waals surface area contributed by atoms with Crippen LogP contribution in [0.5, 0.6) is 0 Å². The molecule has 0 atom stereocenters. The minimum atomic E-state index is -4.66. The molecule has 10 aromatic rings. The van der Waals surface area contributed by atoms with E-state index in [2.05, 4.69) is 116 Å². The van der Waals surface area contributed by atoms with E-state index < -0.39 is 18.0 Å². The van der Waals surface area contributed by atoms with Crippen molar-refractivity contribution in [1.82, 2.24) is 14.5 Å². The fourth-order valence-corrected chi connectivity index (χ4v) is 8.39. The van der Waals surface area contributed by atoms with Gasteiger partial charge in [-0.05, 0) is 99.7 Å². The first-order chi connectivity index (χ1) is 32.9. The normalized spacial score (nSPS) is 12.5. The Labute approximate surface area is 410 Å². The van der Waals surface area contributed by atoms with Gasteiger partial charge in [-0.2, -0.15) is 13.2 Å². The number of alkyl halides is 3.